The minimum Gasteiger partial charge on any atom is -0.166 e. The van der Waals surface area contributed by atoms with Gasteiger partial charge >= 0.3 is 12.4 Å². The van der Waals surface area contributed by atoms with Crippen molar-refractivity contribution >= 4 is 23.2 Å². The minimum atomic E-state index is -4.72. The molecule has 0 bridgehead atoms. The Balaban J connectivity index is 2.69. The molecule has 0 aliphatic rings. The SMILES string of the molecule is FC(F)(F)c1cccc(-c2cccc(C(F)(F)F)c2Cl)c1Cl. The van der Waals surface area contributed by atoms with Gasteiger partial charge in [0.25, 0.3) is 0 Å². The Kier molecular flexibility index (Phi) is 4.37. The first-order valence-corrected chi connectivity index (χ1v) is 6.51. The van der Waals surface area contributed by atoms with Gasteiger partial charge in [-0.15, -0.1) is 0 Å². The summed E-state index contributed by atoms with van der Waals surface area (Å²) in [5.74, 6) is 0. The molecule has 22 heavy (non-hydrogen) atoms. The van der Waals surface area contributed by atoms with Crippen LogP contribution in [-0.2, 0) is 12.4 Å². The van der Waals surface area contributed by atoms with Gasteiger partial charge in [-0.1, -0.05) is 47.5 Å². The van der Waals surface area contributed by atoms with Crippen LogP contribution < -0.4 is 0 Å². The van der Waals surface area contributed by atoms with Crippen LogP contribution in [0.15, 0.2) is 36.4 Å². The summed E-state index contributed by atoms with van der Waals surface area (Å²) in [4.78, 5) is 0. The Morgan fingerprint density at radius 3 is 1.18 bits per heavy atom. The Bertz CT molecular complexity index is 642. The first-order valence-electron chi connectivity index (χ1n) is 5.75. The van der Waals surface area contributed by atoms with Gasteiger partial charge in [0.1, 0.15) is 0 Å². The smallest absolute Gasteiger partial charge is 0.166 e. The average Bonchev–Trinajstić information content (AvgIpc) is 2.37. The second-order valence-electron chi connectivity index (χ2n) is 4.33. The van der Waals surface area contributed by atoms with Crippen molar-refractivity contribution in [2.75, 3.05) is 0 Å². The van der Waals surface area contributed by atoms with E-state index in [1.54, 1.807) is 0 Å². The molecule has 0 N–H and O–H groups in total. The second-order valence-corrected chi connectivity index (χ2v) is 5.09. The molecule has 0 saturated carbocycles. The van der Waals surface area contributed by atoms with Crippen LogP contribution in [-0.4, -0.2) is 0 Å². The molecule has 0 saturated heterocycles. The molecule has 0 aliphatic carbocycles. The fraction of sp³-hybridized carbons (Fsp3) is 0.143. The summed E-state index contributed by atoms with van der Waals surface area (Å²) in [6, 6.07) is 5.96. The van der Waals surface area contributed by atoms with Crippen molar-refractivity contribution in [2.24, 2.45) is 0 Å². The van der Waals surface area contributed by atoms with Gasteiger partial charge in [-0.25, -0.2) is 0 Å². The molecule has 0 atom stereocenters. The number of alkyl halides is 6. The lowest BCUT2D eigenvalue weighted by Gasteiger charge is -2.16. The molecule has 118 valence electrons. The molecule has 2 aromatic carbocycles. The predicted molar refractivity (Wildman–Crippen MR) is 71.9 cm³/mol. The van der Waals surface area contributed by atoms with Crippen LogP contribution in [0.4, 0.5) is 26.3 Å². The molecular weight excluding hydrogens is 353 g/mol. The first kappa shape index (κ1) is 17.0. The second kappa shape index (κ2) is 5.66. The standard InChI is InChI=1S/C14H6Cl2F6/c15-11-7(3-1-5-9(11)13(17,18)19)8-4-2-6-10(12(8)16)14(20,21)22/h1-6H. The Hall–Kier alpha value is -1.40. The number of halogens is 8. The zero-order valence-electron chi connectivity index (χ0n) is 10.5. The summed E-state index contributed by atoms with van der Waals surface area (Å²) in [6.07, 6.45) is -9.44. The van der Waals surface area contributed by atoms with E-state index in [1.807, 2.05) is 0 Å². The highest BCUT2D eigenvalue weighted by Crippen LogP contribution is 2.44. The van der Waals surface area contributed by atoms with Crippen LogP contribution in [0.25, 0.3) is 11.1 Å². The van der Waals surface area contributed by atoms with Gasteiger partial charge in [-0.3, -0.25) is 0 Å². The average molecular weight is 359 g/mol. The fourth-order valence-electron chi connectivity index (χ4n) is 1.92. The highest BCUT2D eigenvalue weighted by Gasteiger charge is 2.36. The first-order chi connectivity index (χ1) is 10.0. The molecule has 2 rings (SSSR count). The van der Waals surface area contributed by atoms with Gasteiger partial charge in [0.15, 0.2) is 0 Å². The molecule has 0 amide bonds. The minimum absolute atomic E-state index is 0.215. The summed E-state index contributed by atoms with van der Waals surface area (Å²) < 4.78 is 76.9. The van der Waals surface area contributed by atoms with Crippen molar-refractivity contribution in [2.45, 2.75) is 12.4 Å². The van der Waals surface area contributed by atoms with E-state index in [2.05, 4.69) is 0 Å². The van der Waals surface area contributed by atoms with Gasteiger partial charge < -0.3 is 0 Å². The van der Waals surface area contributed by atoms with E-state index in [9.17, 15) is 26.3 Å². The van der Waals surface area contributed by atoms with Crippen molar-refractivity contribution < 1.29 is 26.3 Å². The zero-order valence-corrected chi connectivity index (χ0v) is 12.0. The Morgan fingerprint density at radius 1 is 0.591 bits per heavy atom. The van der Waals surface area contributed by atoms with E-state index in [0.717, 1.165) is 24.3 Å². The normalized spacial score (nSPS) is 12.5. The summed E-state index contributed by atoms with van der Waals surface area (Å²) in [5, 5.41) is -1.40. The lowest BCUT2D eigenvalue weighted by molar-refractivity contribution is -0.138. The third-order valence-corrected chi connectivity index (χ3v) is 3.71. The lowest BCUT2D eigenvalue weighted by atomic mass is 10.00. The van der Waals surface area contributed by atoms with Crippen LogP contribution in [0, 0.1) is 0 Å². The highest BCUT2D eigenvalue weighted by molar-refractivity contribution is 6.37. The van der Waals surface area contributed by atoms with Crippen molar-refractivity contribution in [3.05, 3.63) is 57.6 Å². The number of rotatable bonds is 1. The van der Waals surface area contributed by atoms with E-state index in [-0.39, 0.29) is 11.1 Å². The van der Waals surface area contributed by atoms with Gasteiger partial charge in [0.2, 0.25) is 0 Å². The number of hydrogen-bond acceptors (Lipinski definition) is 0. The molecule has 0 fully saturated rings. The van der Waals surface area contributed by atoms with Gasteiger partial charge in [-0.2, -0.15) is 26.3 Å². The summed E-state index contributed by atoms with van der Waals surface area (Å²) in [6.45, 7) is 0. The third kappa shape index (κ3) is 3.17. The quantitative estimate of drug-likeness (QED) is 0.497. The monoisotopic (exact) mass is 358 g/mol. The van der Waals surface area contributed by atoms with E-state index < -0.39 is 33.5 Å². The van der Waals surface area contributed by atoms with Gasteiger partial charge in [0, 0.05) is 11.1 Å². The fourth-order valence-corrected chi connectivity index (χ4v) is 2.59. The predicted octanol–water partition coefficient (Wildman–Crippen LogP) is 6.70. The van der Waals surface area contributed by atoms with Gasteiger partial charge in [-0.05, 0) is 12.1 Å². The third-order valence-electron chi connectivity index (χ3n) is 2.90. The van der Waals surface area contributed by atoms with Crippen LogP contribution in [0.5, 0.6) is 0 Å². The molecule has 0 aromatic heterocycles. The highest BCUT2D eigenvalue weighted by atomic mass is 35.5. The summed E-state index contributed by atoms with van der Waals surface area (Å²) >= 11 is 11.4. The molecule has 2 aromatic rings. The van der Waals surface area contributed by atoms with E-state index in [0.29, 0.717) is 0 Å². The maximum atomic E-state index is 12.8. The molecule has 8 heteroatoms. The van der Waals surface area contributed by atoms with E-state index in [4.69, 9.17) is 23.2 Å². The molecule has 0 nitrogen and oxygen atoms in total. The van der Waals surface area contributed by atoms with Crippen LogP contribution in [0.2, 0.25) is 10.0 Å². The van der Waals surface area contributed by atoms with Crippen LogP contribution in [0.3, 0.4) is 0 Å². The number of benzene rings is 2. The largest absolute Gasteiger partial charge is 0.417 e. The Labute approximate surface area is 131 Å². The molecule has 0 spiro atoms. The maximum absolute atomic E-state index is 12.8. The summed E-state index contributed by atoms with van der Waals surface area (Å²) in [5.41, 5.74) is -2.71. The molecule has 0 aliphatic heterocycles. The molecule has 0 radical (unpaired) electrons. The lowest BCUT2D eigenvalue weighted by Crippen LogP contribution is -2.08. The van der Waals surface area contributed by atoms with E-state index >= 15 is 0 Å². The molecular formula is C14H6Cl2F6. The summed E-state index contributed by atoms with van der Waals surface area (Å²) in [7, 11) is 0. The van der Waals surface area contributed by atoms with Gasteiger partial charge in [0.05, 0.1) is 21.2 Å². The van der Waals surface area contributed by atoms with Crippen LogP contribution >= 0.6 is 23.2 Å². The molecule has 0 unspecified atom stereocenters. The van der Waals surface area contributed by atoms with Crippen molar-refractivity contribution in [1.29, 1.82) is 0 Å². The zero-order chi connectivity index (χ0) is 16.7. The number of hydrogen-bond donors (Lipinski definition) is 0. The van der Waals surface area contributed by atoms with Crippen molar-refractivity contribution in [3.8, 4) is 11.1 Å². The maximum Gasteiger partial charge on any atom is 0.417 e. The molecule has 0 heterocycles. The topological polar surface area (TPSA) is 0 Å². The Morgan fingerprint density at radius 2 is 0.909 bits per heavy atom. The van der Waals surface area contributed by atoms with Crippen LogP contribution in [0.1, 0.15) is 11.1 Å². The van der Waals surface area contributed by atoms with Crippen molar-refractivity contribution in [3.63, 3.8) is 0 Å². The van der Waals surface area contributed by atoms with E-state index in [1.165, 1.54) is 12.1 Å². The van der Waals surface area contributed by atoms with Crippen molar-refractivity contribution in [1.82, 2.24) is 0 Å².